The molecule has 1 nitrogen and oxygen atoms in total. The van der Waals surface area contributed by atoms with E-state index >= 15 is 0 Å². The van der Waals surface area contributed by atoms with E-state index in [0.717, 1.165) is 0 Å². The zero-order chi connectivity index (χ0) is 9.97. The van der Waals surface area contributed by atoms with Crippen LogP contribution in [-0.2, 0) is 0 Å². The molecule has 0 bridgehead atoms. The Bertz CT molecular complexity index is 316. The Morgan fingerprint density at radius 1 is 1.36 bits per heavy atom. The van der Waals surface area contributed by atoms with Crippen LogP contribution in [0.15, 0.2) is 18.2 Å². The molecule has 1 saturated heterocycles. The lowest BCUT2D eigenvalue weighted by molar-refractivity contribution is 0.412. The van der Waals surface area contributed by atoms with Gasteiger partial charge in [-0.2, -0.15) is 0 Å². The molecular weight excluding hydrogens is 285 g/mol. The molecule has 0 aromatic heterocycles. The third-order valence-electron chi connectivity index (χ3n) is 2.89. The molecule has 1 heterocycles. The first-order valence-corrected chi connectivity index (χ1v) is 6.34. The van der Waals surface area contributed by atoms with Crippen molar-refractivity contribution in [2.75, 3.05) is 6.54 Å². The molecule has 1 N–H and O–H groups in total. The van der Waals surface area contributed by atoms with Gasteiger partial charge < -0.3 is 5.32 Å². The maximum absolute atomic E-state index is 3.58. The topological polar surface area (TPSA) is 12.0 Å². The average Bonchev–Trinajstić information content (AvgIpc) is 2.23. The van der Waals surface area contributed by atoms with Gasteiger partial charge in [0.15, 0.2) is 0 Å². The lowest BCUT2D eigenvalue weighted by atomic mass is 9.96. The number of aryl methyl sites for hydroxylation is 1. The predicted octanol–water partition coefficient (Wildman–Crippen LogP) is 3.41. The summed E-state index contributed by atoms with van der Waals surface area (Å²) < 4.78 is 1.36. The smallest absolute Gasteiger partial charge is 0.0320 e. The van der Waals surface area contributed by atoms with Gasteiger partial charge in [-0.3, -0.25) is 0 Å². The lowest BCUT2D eigenvalue weighted by Crippen LogP contribution is -2.26. The molecule has 0 amide bonds. The first kappa shape index (κ1) is 10.4. The van der Waals surface area contributed by atoms with E-state index in [-0.39, 0.29) is 0 Å². The minimum absolute atomic E-state index is 0.597. The van der Waals surface area contributed by atoms with Crippen LogP contribution in [0.5, 0.6) is 0 Å². The molecule has 76 valence electrons. The van der Waals surface area contributed by atoms with E-state index < -0.39 is 0 Å². The van der Waals surface area contributed by atoms with Crippen molar-refractivity contribution in [1.29, 1.82) is 0 Å². The Balaban J connectivity index is 2.18. The Labute approximate surface area is 99.4 Å². The van der Waals surface area contributed by atoms with Crippen LogP contribution in [-0.4, -0.2) is 6.54 Å². The summed E-state index contributed by atoms with van der Waals surface area (Å²) in [4.78, 5) is 0. The molecule has 2 rings (SSSR count). The maximum atomic E-state index is 3.58. The summed E-state index contributed by atoms with van der Waals surface area (Å²) in [6, 6.07) is 7.41. The van der Waals surface area contributed by atoms with Crippen LogP contribution in [0.1, 0.15) is 36.4 Å². The van der Waals surface area contributed by atoms with Crippen molar-refractivity contribution in [2.24, 2.45) is 0 Å². The SMILES string of the molecule is Cc1cc([C@@H]2CCCCN2)ccc1I. The molecule has 1 aromatic rings. The van der Waals surface area contributed by atoms with E-state index in [9.17, 15) is 0 Å². The van der Waals surface area contributed by atoms with Crippen LogP contribution in [0.25, 0.3) is 0 Å². The van der Waals surface area contributed by atoms with Gasteiger partial charge in [0, 0.05) is 9.61 Å². The van der Waals surface area contributed by atoms with Crippen LogP contribution in [0, 0.1) is 10.5 Å². The Morgan fingerprint density at radius 2 is 2.21 bits per heavy atom. The van der Waals surface area contributed by atoms with Crippen molar-refractivity contribution in [1.82, 2.24) is 5.32 Å². The highest BCUT2D eigenvalue weighted by Gasteiger charge is 2.14. The van der Waals surface area contributed by atoms with Crippen molar-refractivity contribution >= 4 is 22.6 Å². The van der Waals surface area contributed by atoms with Gasteiger partial charge in [-0.1, -0.05) is 18.6 Å². The molecule has 0 spiro atoms. The molecule has 0 radical (unpaired) electrons. The number of rotatable bonds is 1. The zero-order valence-electron chi connectivity index (χ0n) is 8.52. The van der Waals surface area contributed by atoms with Gasteiger partial charge in [0.1, 0.15) is 0 Å². The van der Waals surface area contributed by atoms with Crippen molar-refractivity contribution < 1.29 is 0 Å². The van der Waals surface area contributed by atoms with Crippen LogP contribution in [0.3, 0.4) is 0 Å². The molecule has 0 unspecified atom stereocenters. The second-order valence-corrected chi connectivity index (χ2v) is 5.17. The van der Waals surface area contributed by atoms with E-state index in [4.69, 9.17) is 0 Å². The molecule has 0 aliphatic carbocycles. The number of benzene rings is 1. The van der Waals surface area contributed by atoms with Crippen molar-refractivity contribution in [3.8, 4) is 0 Å². The van der Waals surface area contributed by atoms with Crippen molar-refractivity contribution in [3.63, 3.8) is 0 Å². The Kier molecular flexibility index (Phi) is 3.44. The highest BCUT2D eigenvalue weighted by atomic mass is 127. The van der Waals surface area contributed by atoms with E-state index in [0.29, 0.717) is 6.04 Å². The van der Waals surface area contributed by atoms with Crippen LogP contribution >= 0.6 is 22.6 Å². The fourth-order valence-electron chi connectivity index (χ4n) is 2.02. The Morgan fingerprint density at radius 3 is 2.86 bits per heavy atom. The summed E-state index contributed by atoms with van der Waals surface area (Å²) >= 11 is 2.39. The van der Waals surface area contributed by atoms with Crippen molar-refractivity contribution in [3.05, 3.63) is 32.9 Å². The fraction of sp³-hybridized carbons (Fsp3) is 0.500. The monoisotopic (exact) mass is 301 g/mol. The second-order valence-electron chi connectivity index (χ2n) is 4.01. The van der Waals surface area contributed by atoms with Gasteiger partial charge in [-0.15, -0.1) is 0 Å². The molecule has 1 aliphatic heterocycles. The first-order chi connectivity index (χ1) is 6.77. The number of piperidine rings is 1. The molecule has 1 aromatic carbocycles. The average molecular weight is 301 g/mol. The molecular formula is C12H16IN. The van der Waals surface area contributed by atoms with Crippen molar-refractivity contribution in [2.45, 2.75) is 32.2 Å². The summed E-state index contributed by atoms with van der Waals surface area (Å²) in [5, 5.41) is 3.58. The normalized spacial score (nSPS) is 22.3. The zero-order valence-corrected chi connectivity index (χ0v) is 10.7. The lowest BCUT2D eigenvalue weighted by Gasteiger charge is -2.24. The van der Waals surface area contributed by atoms with Gasteiger partial charge in [-0.25, -0.2) is 0 Å². The third-order valence-corrected chi connectivity index (χ3v) is 4.11. The highest BCUT2D eigenvalue weighted by molar-refractivity contribution is 14.1. The number of hydrogen-bond donors (Lipinski definition) is 1. The quantitative estimate of drug-likeness (QED) is 0.784. The summed E-state index contributed by atoms with van der Waals surface area (Å²) in [6.07, 6.45) is 3.99. The highest BCUT2D eigenvalue weighted by Crippen LogP contribution is 2.24. The number of halogens is 1. The van der Waals surface area contributed by atoms with E-state index in [2.05, 4.69) is 53.0 Å². The fourth-order valence-corrected chi connectivity index (χ4v) is 2.36. The molecule has 1 atom stereocenters. The minimum atomic E-state index is 0.597. The number of nitrogens with one attached hydrogen (secondary N) is 1. The minimum Gasteiger partial charge on any atom is -0.310 e. The molecule has 1 fully saturated rings. The first-order valence-electron chi connectivity index (χ1n) is 5.27. The summed E-state index contributed by atoms with van der Waals surface area (Å²) in [6.45, 7) is 3.36. The van der Waals surface area contributed by atoms with Gasteiger partial charge in [-0.05, 0) is 66.1 Å². The van der Waals surface area contributed by atoms with E-state index in [1.807, 2.05) is 0 Å². The molecule has 2 heteroatoms. The summed E-state index contributed by atoms with van der Waals surface area (Å²) in [5.41, 5.74) is 2.86. The van der Waals surface area contributed by atoms with Gasteiger partial charge in [0.2, 0.25) is 0 Å². The van der Waals surface area contributed by atoms with Gasteiger partial charge >= 0.3 is 0 Å². The van der Waals surface area contributed by atoms with Gasteiger partial charge in [0.05, 0.1) is 0 Å². The van der Waals surface area contributed by atoms with Crippen LogP contribution in [0.2, 0.25) is 0 Å². The van der Waals surface area contributed by atoms with E-state index in [1.54, 1.807) is 0 Å². The number of hydrogen-bond acceptors (Lipinski definition) is 1. The van der Waals surface area contributed by atoms with Crippen LogP contribution in [0.4, 0.5) is 0 Å². The Hall–Kier alpha value is -0.0900. The van der Waals surface area contributed by atoms with Gasteiger partial charge in [0.25, 0.3) is 0 Å². The third kappa shape index (κ3) is 2.28. The standard InChI is InChI=1S/C12H16IN/c1-9-8-10(5-6-11(9)13)12-4-2-3-7-14-12/h5-6,8,12,14H,2-4,7H2,1H3/t12-/m0/s1. The predicted molar refractivity (Wildman–Crippen MR) is 68.5 cm³/mol. The maximum Gasteiger partial charge on any atom is 0.0320 e. The molecule has 1 aliphatic rings. The van der Waals surface area contributed by atoms with E-state index in [1.165, 1.54) is 40.5 Å². The summed E-state index contributed by atoms with van der Waals surface area (Å²) in [5.74, 6) is 0. The molecule has 14 heavy (non-hydrogen) atoms. The second kappa shape index (κ2) is 4.62. The molecule has 0 saturated carbocycles. The largest absolute Gasteiger partial charge is 0.310 e. The van der Waals surface area contributed by atoms with Crippen LogP contribution < -0.4 is 5.32 Å². The summed E-state index contributed by atoms with van der Waals surface area (Å²) in [7, 11) is 0.